The van der Waals surface area contributed by atoms with Crippen molar-refractivity contribution in [3.8, 4) is 0 Å². The molecule has 0 amide bonds. The maximum atomic E-state index is 11.1. The number of hydrogen-bond donors (Lipinski definition) is 0. The van der Waals surface area contributed by atoms with Crippen LogP contribution in [0.3, 0.4) is 0 Å². The van der Waals surface area contributed by atoms with Crippen molar-refractivity contribution in [3.05, 3.63) is 72.3 Å². The van der Waals surface area contributed by atoms with Crippen molar-refractivity contribution < 1.29 is 9.53 Å². The maximum Gasteiger partial charge on any atom is 0.330 e. The molecule has 0 bridgehead atoms. The van der Waals surface area contributed by atoms with E-state index < -0.39 is 5.97 Å². The van der Waals surface area contributed by atoms with E-state index in [-0.39, 0.29) is 6.61 Å². The highest BCUT2D eigenvalue weighted by molar-refractivity contribution is 5.81. The van der Waals surface area contributed by atoms with Gasteiger partial charge in [-0.25, -0.2) is 4.79 Å². The van der Waals surface area contributed by atoms with Crippen LogP contribution >= 0.6 is 0 Å². The van der Waals surface area contributed by atoms with Crippen LogP contribution in [0.4, 0.5) is 11.4 Å². The smallest absolute Gasteiger partial charge is 0.330 e. The fourth-order valence-electron chi connectivity index (χ4n) is 1.66. The first-order valence-corrected chi connectivity index (χ1v) is 6.54. The number of rotatable bonds is 5. The first-order chi connectivity index (χ1) is 10.2. The lowest BCUT2D eigenvalue weighted by atomic mass is 10.2. The van der Waals surface area contributed by atoms with Crippen LogP contribution in [0.25, 0.3) is 0 Å². The molecule has 0 unspecified atom stereocenters. The van der Waals surface area contributed by atoms with Gasteiger partial charge < -0.3 is 4.74 Å². The van der Waals surface area contributed by atoms with E-state index in [9.17, 15) is 4.79 Å². The fourth-order valence-corrected chi connectivity index (χ4v) is 1.66. The first kappa shape index (κ1) is 14.7. The molecule has 0 fully saturated rings. The van der Waals surface area contributed by atoms with Crippen LogP contribution in [-0.4, -0.2) is 5.97 Å². The van der Waals surface area contributed by atoms with Crippen LogP contribution in [0.15, 0.2) is 71.4 Å². The van der Waals surface area contributed by atoms with E-state index in [0.717, 1.165) is 17.3 Å². The summed E-state index contributed by atoms with van der Waals surface area (Å²) in [6.45, 7) is 5.53. The minimum atomic E-state index is -0.458. The van der Waals surface area contributed by atoms with E-state index in [4.69, 9.17) is 4.74 Å². The van der Waals surface area contributed by atoms with Gasteiger partial charge in [0, 0.05) is 11.6 Å². The summed E-state index contributed by atoms with van der Waals surface area (Å²) in [5.74, 6) is -0.458. The second-order valence-corrected chi connectivity index (χ2v) is 4.48. The molecule has 2 rings (SSSR count). The topological polar surface area (TPSA) is 51.0 Å². The molecule has 0 heterocycles. The Bertz CT molecular complexity index is 661. The number of esters is 1. The molecule has 21 heavy (non-hydrogen) atoms. The maximum absolute atomic E-state index is 11.1. The van der Waals surface area contributed by atoms with E-state index in [2.05, 4.69) is 16.8 Å². The van der Waals surface area contributed by atoms with Gasteiger partial charge in [0.1, 0.15) is 6.61 Å². The zero-order chi connectivity index (χ0) is 15.1. The van der Waals surface area contributed by atoms with E-state index in [1.54, 1.807) is 0 Å². The summed E-state index contributed by atoms with van der Waals surface area (Å²) in [5.41, 5.74) is 3.42. The van der Waals surface area contributed by atoms with Crippen molar-refractivity contribution in [1.82, 2.24) is 0 Å². The second-order valence-electron chi connectivity index (χ2n) is 4.48. The molecule has 2 aromatic rings. The van der Waals surface area contributed by atoms with Gasteiger partial charge in [0.2, 0.25) is 0 Å². The van der Waals surface area contributed by atoms with Gasteiger partial charge in [0.25, 0.3) is 0 Å². The normalized spacial score (nSPS) is 10.5. The van der Waals surface area contributed by atoms with Crippen LogP contribution in [0.2, 0.25) is 0 Å². The Labute approximate surface area is 123 Å². The van der Waals surface area contributed by atoms with Crippen LogP contribution in [0.5, 0.6) is 0 Å². The van der Waals surface area contributed by atoms with Gasteiger partial charge in [0.05, 0.1) is 11.4 Å². The SMILES string of the molecule is C=CC(=O)OCc1ccccc1N=Nc1ccc(C)cc1. The van der Waals surface area contributed by atoms with E-state index in [1.807, 2.05) is 55.5 Å². The van der Waals surface area contributed by atoms with Gasteiger partial charge >= 0.3 is 5.97 Å². The summed E-state index contributed by atoms with van der Waals surface area (Å²) >= 11 is 0. The molecular weight excluding hydrogens is 264 g/mol. The van der Waals surface area contributed by atoms with Crippen molar-refractivity contribution in [2.24, 2.45) is 10.2 Å². The van der Waals surface area contributed by atoms with Crippen molar-refractivity contribution >= 4 is 17.3 Å². The molecule has 0 spiro atoms. The van der Waals surface area contributed by atoms with Crippen molar-refractivity contribution in [3.63, 3.8) is 0 Å². The lowest BCUT2D eigenvalue weighted by Crippen LogP contribution is -2.00. The number of aryl methyl sites for hydroxylation is 1. The number of benzene rings is 2. The zero-order valence-electron chi connectivity index (χ0n) is 11.8. The van der Waals surface area contributed by atoms with Crippen molar-refractivity contribution in [2.75, 3.05) is 0 Å². The number of carbonyl (C=O) groups is 1. The molecule has 0 aliphatic heterocycles. The van der Waals surface area contributed by atoms with Gasteiger partial charge in [-0.2, -0.15) is 10.2 Å². The molecule has 0 aromatic heterocycles. The molecule has 0 atom stereocenters. The molecule has 0 aliphatic rings. The van der Waals surface area contributed by atoms with Crippen LogP contribution < -0.4 is 0 Å². The standard InChI is InChI=1S/C17H16N2O2/c1-3-17(20)21-12-14-6-4-5-7-16(14)19-18-15-10-8-13(2)9-11-15/h3-11H,1,12H2,2H3. The summed E-state index contributed by atoms with van der Waals surface area (Å²) in [5, 5.41) is 8.41. The Kier molecular flexibility index (Phi) is 4.99. The Morgan fingerprint density at radius 1 is 1.14 bits per heavy atom. The Morgan fingerprint density at radius 3 is 2.57 bits per heavy atom. The summed E-state index contributed by atoms with van der Waals surface area (Å²) in [4.78, 5) is 11.1. The fraction of sp³-hybridized carbons (Fsp3) is 0.118. The van der Waals surface area contributed by atoms with E-state index in [0.29, 0.717) is 5.69 Å². The first-order valence-electron chi connectivity index (χ1n) is 6.54. The largest absolute Gasteiger partial charge is 0.458 e. The molecule has 4 heteroatoms. The lowest BCUT2D eigenvalue weighted by molar-refractivity contribution is -0.138. The zero-order valence-corrected chi connectivity index (χ0v) is 11.8. The highest BCUT2D eigenvalue weighted by Crippen LogP contribution is 2.23. The van der Waals surface area contributed by atoms with Gasteiger partial charge in [-0.05, 0) is 25.1 Å². The summed E-state index contributed by atoms with van der Waals surface area (Å²) in [6, 6.07) is 15.2. The molecule has 0 N–H and O–H groups in total. The second kappa shape index (κ2) is 7.14. The average molecular weight is 280 g/mol. The van der Waals surface area contributed by atoms with Crippen LogP contribution in [0.1, 0.15) is 11.1 Å². The monoisotopic (exact) mass is 280 g/mol. The Hall–Kier alpha value is -2.75. The molecule has 106 valence electrons. The Morgan fingerprint density at radius 2 is 1.86 bits per heavy atom. The minimum absolute atomic E-state index is 0.147. The highest BCUT2D eigenvalue weighted by atomic mass is 16.5. The Balaban J connectivity index is 2.14. The molecular formula is C17H16N2O2. The molecule has 0 radical (unpaired) electrons. The molecule has 0 saturated carbocycles. The minimum Gasteiger partial charge on any atom is -0.458 e. The quantitative estimate of drug-likeness (QED) is 0.455. The third-order valence-electron chi connectivity index (χ3n) is 2.84. The van der Waals surface area contributed by atoms with Gasteiger partial charge in [-0.1, -0.05) is 42.5 Å². The van der Waals surface area contributed by atoms with E-state index >= 15 is 0 Å². The van der Waals surface area contributed by atoms with Gasteiger partial charge in [-0.3, -0.25) is 0 Å². The summed E-state index contributed by atoms with van der Waals surface area (Å²) in [7, 11) is 0. The van der Waals surface area contributed by atoms with Crippen LogP contribution in [0, 0.1) is 6.92 Å². The molecule has 0 aliphatic carbocycles. The number of hydrogen-bond acceptors (Lipinski definition) is 4. The number of azo groups is 1. The lowest BCUT2D eigenvalue weighted by Gasteiger charge is -2.04. The van der Waals surface area contributed by atoms with Gasteiger partial charge in [0.15, 0.2) is 0 Å². The van der Waals surface area contributed by atoms with E-state index in [1.165, 1.54) is 5.56 Å². The summed E-state index contributed by atoms with van der Waals surface area (Å²) < 4.78 is 5.03. The summed E-state index contributed by atoms with van der Waals surface area (Å²) in [6.07, 6.45) is 1.14. The predicted molar refractivity (Wildman–Crippen MR) is 81.8 cm³/mol. The number of ether oxygens (including phenoxy) is 1. The third-order valence-corrected chi connectivity index (χ3v) is 2.84. The van der Waals surface area contributed by atoms with Crippen LogP contribution in [-0.2, 0) is 16.1 Å². The van der Waals surface area contributed by atoms with Gasteiger partial charge in [-0.15, -0.1) is 0 Å². The number of nitrogens with zero attached hydrogens (tertiary/aromatic N) is 2. The average Bonchev–Trinajstić information content (AvgIpc) is 2.52. The molecule has 0 saturated heterocycles. The highest BCUT2D eigenvalue weighted by Gasteiger charge is 2.03. The van der Waals surface area contributed by atoms with Crippen molar-refractivity contribution in [2.45, 2.75) is 13.5 Å². The molecule has 4 nitrogen and oxygen atoms in total. The third kappa shape index (κ3) is 4.38. The number of carbonyl (C=O) groups excluding carboxylic acids is 1. The molecule has 2 aromatic carbocycles. The van der Waals surface area contributed by atoms with Crippen molar-refractivity contribution in [1.29, 1.82) is 0 Å². The predicted octanol–water partition coefficient (Wildman–Crippen LogP) is 4.64.